The van der Waals surface area contributed by atoms with E-state index in [0.29, 0.717) is 30.6 Å². The molecule has 0 saturated heterocycles. The van der Waals surface area contributed by atoms with Crippen LogP contribution in [-0.2, 0) is 17.8 Å². The molecule has 0 unspecified atom stereocenters. The monoisotopic (exact) mass is 497 g/mol. The van der Waals surface area contributed by atoms with Crippen LogP contribution in [0.5, 0.6) is 5.75 Å². The summed E-state index contributed by atoms with van der Waals surface area (Å²) in [6.07, 6.45) is 4.50. The largest absolute Gasteiger partial charge is 0.484 e. The summed E-state index contributed by atoms with van der Waals surface area (Å²) in [5, 5.41) is 16.7. The third-order valence-electron chi connectivity index (χ3n) is 6.08. The molecule has 0 saturated carbocycles. The third-order valence-corrected chi connectivity index (χ3v) is 6.08. The number of H-pyrrole nitrogens is 1. The molecular weight excluding hydrogens is 466 g/mol. The number of anilines is 2. The van der Waals surface area contributed by atoms with Crippen molar-refractivity contribution in [1.29, 1.82) is 0 Å². The first-order chi connectivity index (χ1) is 18.0. The Morgan fingerprint density at radius 3 is 2.73 bits per heavy atom. The van der Waals surface area contributed by atoms with Crippen LogP contribution >= 0.6 is 0 Å². The molecule has 190 valence electrons. The number of hydrogen-bond donors (Lipinski definition) is 4. The van der Waals surface area contributed by atoms with Crippen LogP contribution in [0.15, 0.2) is 60.9 Å². The minimum Gasteiger partial charge on any atom is -0.484 e. The number of carbonyl (C=O) groups is 1. The Balaban J connectivity index is 1.36. The van der Waals surface area contributed by atoms with Crippen LogP contribution < -0.4 is 20.7 Å². The maximum atomic E-state index is 12.1. The van der Waals surface area contributed by atoms with Gasteiger partial charge in [-0.25, -0.2) is 9.97 Å². The summed E-state index contributed by atoms with van der Waals surface area (Å²) >= 11 is 0. The van der Waals surface area contributed by atoms with Gasteiger partial charge in [0.05, 0.1) is 11.9 Å². The van der Waals surface area contributed by atoms with Crippen LogP contribution in [-0.4, -0.2) is 45.8 Å². The van der Waals surface area contributed by atoms with E-state index in [4.69, 9.17) is 14.7 Å². The maximum Gasteiger partial charge on any atom is 0.257 e. The van der Waals surface area contributed by atoms with Crippen molar-refractivity contribution in [1.82, 2.24) is 30.8 Å². The molecule has 5 rings (SSSR count). The Morgan fingerprint density at radius 1 is 1.08 bits per heavy atom. The number of aromatic amines is 1. The molecule has 9 heteroatoms. The van der Waals surface area contributed by atoms with Crippen molar-refractivity contribution in [3.05, 3.63) is 72.2 Å². The van der Waals surface area contributed by atoms with Crippen molar-refractivity contribution < 1.29 is 9.53 Å². The number of carbonyl (C=O) groups excluding carboxylic acids is 1. The van der Waals surface area contributed by atoms with E-state index in [9.17, 15) is 4.79 Å². The Morgan fingerprint density at radius 2 is 1.95 bits per heavy atom. The topological polar surface area (TPSA) is 117 Å². The van der Waals surface area contributed by atoms with Gasteiger partial charge in [-0.05, 0) is 35.7 Å². The Hall–Kier alpha value is -4.24. The first-order valence-electron chi connectivity index (χ1n) is 12.5. The van der Waals surface area contributed by atoms with Crippen LogP contribution in [0.1, 0.15) is 25.1 Å². The molecule has 1 aliphatic rings. The van der Waals surface area contributed by atoms with E-state index in [-0.39, 0.29) is 12.5 Å². The smallest absolute Gasteiger partial charge is 0.257 e. The van der Waals surface area contributed by atoms with Crippen molar-refractivity contribution in [2.24, 2.45) is 5.92 Å². The predicted octanol–water partition coefficient (Wildman–Crippen LogP) is 4.07. The SMILES string of the molecule is CC(C)CNC(=O)COc1cccc(-c2nc3c(c(Nc4ccc(-c5cn[nH]c5)cc4)n2)CNCC3)c1. The highest BCUT2D eigenvalue weighted by atomic mass is 16.5. The molecule has 0 radical (unpaired) electrons. The fraction of sp³-hybridized carbons (Fsp3) is 0.286. The van der Waals surface area contributed by atoms with Crippen molar-refractivity contribution in [3.63, 3.8) is 0 Å². The van der Waals surface area contributed by atoms with Gasteiger partial charge in [0.15, 0.2) is 12.4 Å². The molecule has 4 N–H and O–H groups in total. The summed E-state index contributed by atoms with van der Waals surface area (Å²) in [6, 6.07) is 15.7. The van der Waals surface area contributed by atoms with E-state index in [0.717, 1.165) is 52.4 Å². The van der Waals surface area contributed by atoms with Crippen LogP contribution in [0.4, 0.5) is 11.5 Å². The normalized spacial score (nSPS) is 12.7. The number of amides is 1. The summed E-state index contributed by atoms with van der Waals surface area (Å²) in [4.78, 5) is 21.8. The highest BCUT2D eigenvalue weighted by Gasteiger charge is 2.19. The minimum absolute atomic E-state index is 0.0332. The number of fused-ring (bicyclic) bond motifs is 1. The van der Waals surface area contributed by atoms with E-state index < -0.39 is 0 Å². The summed E-state index contributed by atoms with van der Waals surface area (Å²) in [7, 11) is 0. The second-order valence-corrected chi connectivity index (χ2v) is 9.45. The molecule has 37 heavy (non-hydrogen) atoms. The minimum atomic E-state index is -0.137. The summed E-state index contributed by atoms with van der Waals surface area (Å²) in [5.74, 6) is 2.25. The molecule has 1 aliphatic heterocycles. The average Bonchev–Trinajstić information content (AvgIpc) is 3.46. The highest BCUT2D eigenvalue weighted by molar-refractivity contribution is 5.77. The molecule has 3 heterocycles. The molecule has 0 bridgehead atoms. The van der Waals surface area contributed by atoms with Gasteiger partial charge in [0.25, 0.3) is 5.91 Å². The van der Waals surface area contributed by atoms with Gasteiger partial charge in [-0.2, -0.15) is 5.10 Å². The zero-order valence-corrected chi connectivity index (χ0v) is 21.0. The standard InChI is InChI=1S/C28H31N7O2/c1-18(2)13-30-26(36)17-37-23-5-3-4-20(12-23)27-34-25-10-11-29-16-24(25)28(35-27)33-22-8-6-19(7-9-22)21-14-31-32-15-21/h3-9,12,14-15,18,29H,10-11,13,16-17H2,1-2H3,(H,30,36)(H,31,32)(H,33,34,35). The second kappa shape index (κ2) is 11.2. The number of aromatic nitrogens is 4. The van der Waals surface area contributed by atoms with E-state index in [1.54, 1.807) is 6.20 Å². The number of nitrogens with one attached hydrogen (secondary N) is 4. The second-order valence-electron chi connectivity index (χ2n) is 9.45. The first-order valence-corrected chi connectivity index (χ1v) is 12.5. The number of nitrogens with zero attached hydrogens (tertiary/aromatic N) is 3. The summed E-state index contributed by atoms with van der Waals surface area (Å²) < 4.78 is 5.74. The molecule has 9 nitrogen and oxygen atoms in total. The lowest BCUT2D eigenvalue weighted by molar-refractivity contribution is -0.123. The molecule has 1 amide bonds. The lowest BCUT2D eigenvalue weighted by atomic mass is 10.1. The molecule has 0 spiro atoms. The van der Waals surface area contributed by atoms with Crippen molar-refractivity contribution in [2.45, 2.75) is 26.8 Å². The van der Waals surface area contributed by atoms with Gasteiger partial charge >= 0.3 is 0 Å². The van der Waals surface area contributed by atoms with Gasteiger partial charge in [0.1, 0.15) is 11.6 Å². The molecule has 2 aromatic heterocycles. The van der Waals surface area contributed by atoms with Crippen LogP contribution in [0.25, 0.3) is 22.5 Å². The van der Waals surface area contributed by atoms with Gasteiger partial charge in [-0.3, -0.25) is 9.89 Å². The number of hydrogen-bond acceptors (Lipinski definition) is 7. The van der Waals surface area contributed by atoms with Crippen LogP contribution in [0.2, 0.25) is 0 Å². The van der Waals surface area contributed by atoms with Gasteiger partial charge in [-0.15, -0.1) is 0 Å². The van der Waals surface area contributed by atoms with Gasteiger partial charge in [0.2, 0.25) is 0 Å². The molecule has 0 atom stereocenters. The Kier molecular flexibility index (Phi) is 7.41. The fourth-order valence-corrected chi connectivity index (χ4v) is 4.11. The Bertz CT molecular complexity index is 1350. The van der Waals surface area contributed by atoms with Crippen molar-refractivity contribution >= 4 is 17.4 Å². The summed E-state index contributed by atoms with van der Waals surface area (Å²) in [5.41, 5.74) is 6.00. The van der Waals surface area contributed by atoms with E-state index in [1.807, 2.05) is 42.6 Å². The zero-order chi connectivity index (χ0) is 25.6. The quantitative estimate of drug-likeness (QED) is 0.275. The number of ether oxygens (including phenoxy) is 1. The van der Waals surface area contributed by atoms with E-state index in [2.05, 4.69) is 52.1 Å². The molecule has 0 aliphatic carbocycles. The zero-order valence-electron chi connectivity index (χ0n) is 21.0. The average molecular weight is 498 g/mol. The molecule has 2 aromatic carbocycles. The van der Waals surface area contributed by atoms with Gasteiger partial charge in [-0.1, -0.05) is 38.1 Å². The Labute approximate surface area is 216 Å². The summed E-state index contributed by atoms with van der Waals surface area (Å²) in [6.45, 7) is 6.28. The first kappa shape index (κ1) is 24.5. The van der Waals surface area contributed by atoms with Gasteiger partial charge < -0.3 is 20.7 Å². The lowest BCUT2D eigenvalue weighted by Crippen LogP contribution is -2.31. The number of benzene rings is 2. The highest BCUT2D eigenvalue weighted by Crippen LogP contribution is 2.29. The van der Waals surface area contributed by atoms with Gasteiger partial charge in [0, 0.05) is 54.6 Å². The van der Waals surface area contributed by atoms with E-state index >= 15 is 0 Å². The molecular formula is C28H31N7O2. The van der Waals surface area contributed by atoms with E-state index in [1.165, 1.54) is 0 Å². The van der Waals surface area contributed by atoms with Crippen molar-refractivity contribution in [3.8, 4) is 28.3 Å². The van der Waals surface area contributed by atoms with Crippen LogP contribution in [0.3, 0.4) is 0 Å². The molecule has 4 aromatic rings. The lowest BCUT2D eigenvalue weighted by Gasteiger charge is -2.21. The van der Waals surface area contributed by atoms with Crippen molar-refractivity contribution in [2.75, 3.05) is 25.0 Å². The predicted molar refractivity (Wildman–Crippen MR) is 144 cm³/mol. The maximum absolute atomic E-state index is 12.1. The molecule has 0 fully saturated rings. The fourth-order valence-electron chi connectivity index (χ4n) is 4.11. The third kappa shape index (κ3) is 6.13. The number of rotatable bonds is 9. The van der Waals surface area contributed by atoms with Crippen LogP contribution in [0, 0.1) is 5.92 Å².